The summed E-state index contributed by atoms with van der Waals surface area (Å²) in [7, 11) is -3.29. The summed E-state index contributed by atoms with van der Waals surface area (Å²) in [5.41, 5.74) is 0.0161. The van der Waals surface area contributed by atoms with Crippen LogP contribution in [0, 0.1) is 5.41 Å². The van der Waals surface area contributed by atoms with Gasteiger partial charge in [0.25, 0.3) is 0 Å². The van der Waals surface area contributed by atoms with Gasteiger partial charge in [-0.2, -0.15) is 0 Å². The summed E-state index contributed by atoms with van der Waals surface area (Å²) in [6, 6.07) is 7.00. The van der Waals surface area contributed by atoms with Crippen LogP contribution in [0.15, 0.2) is 33.6 Å². The SMILES string of the molecule is CCCNC1C(S(=O)(=O)c2ccc(Br)cc2)CCC1(C)C. The molecule has 0 amide bonds. The highest BCUT2D eigenvalue weighted by Gasteiger charge is 2.47. The predicted octanol–water partition coefficient (Wildman–Crippen LogP) is 3.78. The molecule has 1 fully saturated rings. The largest absolute Gasteiger partial charge is 0.312 e. The average Bonchev–Trinajstić information content (AvgIpc) is 2.72. The van der Waals surface area contributed by atoms with E-state index in [9.17, 15) is 8.42 Å². The first kappa shape index (κ1) is 17.0. The van der Waals surface area contributed by atoms with E-state index in [4.69, 9.17) is 0 Å². The summed E-state index contributed by atoms with van der Waals surface area (Å²) in [5.74, 6) is 0. The molecule has 3 nitrogen and oxygen atoms in total. The van der Waals surface area contributed by atoms with Gasteiger partial charge in [0, 0.05) is 10.5 Å². The summed E-state index contributed by atoms with van der Waals surface area (Å²) in [6.07, 6.45) is 2.68. The number of halogens is 1. The maximum Gasteiger partial charge on any atom is 0.182 e. The second-order valence-electron chi connectivity index (χ2n) is 6.50. The van der Waals surface area contributed by atoms with Crippen LogP contribution in [0.4, 0.5) is 0 Å². The Morgan fingerprint density at radius 2 is 1.90 bits per heavy atom. The molecule has 0 saturated heterocycles. The fraction of sp³-hybridized carbons (Fsp3) is 0.625. The molecule has 0 radical (unpaired) electrons. The number of benzene rings is 1. The molecule has 2 unspecified atom stereocenters. The number of hydrogen-bond acceptors (Lipinski definition) is 3. The standard InChI is InChI=1S/C16H24BrNO2S/c1-4-11-18-15-14(9-10-16(15,2)3)21(19,20)13-7-5-12(17)6-8-13/h5-8,14-15,18H,4,9-11H2,1-3H3. The van der Waals surface area contributed by atoms with Gasteiger partial charge in [-0.05, 0) is 55.5 Å². The molecule has 2 rings (SSSR count). The Bertz CT molecular complexity index is 581. The molecular weight excluding hydrogens is 350 g/mol. The molecule has 0 spiro atoms. The van der Waals surface area contributed by atoms with Gasteiger partial charge in [0.15, 0.2) is 9.84 Å². The van der Waals surface area contributed by atoms with Crippen LogP contribution in [0.1, 0.15) is 40.0 Å². The van der Waals surface area contributed by atoms with Crippen LogP contribution < -0.4 is 5.32 Å². The molecule has 1 aromatic rings. The summed E-state index contributed by atoms with van der Waals surface area (Å²) in [5, 5.41) is 3.14. The number of nitrogens with one attached hydrogen (secondary N) is 1. The summed E-state index contributed by atoms with van der Waals surface area (Å²) >= 11 is 3.35. The quantitative estimate of drug-likeness (QED) is 0.853. The van der Waals surface area contributed by atoms with Gasteiger partial charge in [-0.1, -0.05) is 36.7 Å². The molecule has 1 aliphatic carbocycles. The molecule has 0 heterocycles. The highest BCUT2D eigenvalue weighted by molar-refractivity contribution is 9.10. The van der Waals surface area contributed by atoms with Gasteiger partial charge in [-0.3, -0.25) is 0 Å². The molecule has 0 aromatic heterocycles. The van der Waals surface area contributed by atoms with Gasteiger partial charge in [0.1, 0.15) is 0 Å². The van der Waals surface area contributed by atoms with E-state index in [0.29, 0.717) is 4.90 Å². The summed E-state index contributed by atoms with van der Waals surface area (Å²) in [4.78, 5) is 0.427. The van der Waals surface area contributed by atoms with Crippen molar-refractivity contribution in [2.24, 2.45) is 5.41 Å². The third kappa shape index (κ3) is 3.51. The van der Waals surface area contributed by atoms with E-state index >= 15 is 0 Å². The maximum absolute atomic E-state index is 13.0. The number of hydrogen-bond donors (Lipinski definition) is 1. The van der Waals surface area contributed by atoms with E-state index < -0.39 is 9.84 Å². The van der Waals surface area contributed by atoms with Crippen molar-refractivity contribution >= 4 is 25.8 Å². The molecular formula is C16H24BrNO2S. The Morgan fingerprint density at radius 3 is 2.48 bits per heavy atom. The van der Waals surface area contributed by atoms with Gasteiger partial charge in [-0.25, -0.2) is 8.42 Å². The number of rotatable bonds is 5. The van der Waals surface area contributed by atoms with Crippen LogP contribution in [0.25, 0.3) is 0 Å². The van der Waals surface area contributed by atoms with Gasteiger partial charge < -0.3 is 5.32 Å². The first-order chi connectivity index (χ1) is 9.79. The molecule has 1 N–H and O–H groups in total. The molecule has 0 aliphatic heterocycles. The van der Waals surface area contributed by atoms with Crippen molar-refractivity contribution in [1.29, 1.82) is 0 Å². The molecule has 1 aliphatic rings. The Labute approximate surface area is 136 Å². The first-order valence-electron chi connectivity index (χ1n) is 7.52. The fourth-order valence-electron chi connectivity index (χ4n) is 3.18. The minimum Gasteiger partial charge on any atom is -0.312 e. The van der Waals surface area contributed by atoms with Crippen LogP contribution in [0.2, 0.25) is 0 Å². The third-order valence-electron chi connectivity index (χ3n) is 4.44. The van der Waals surface area contributed by atoms with Gasteiger partial charge >= 0.3 is 0 Å². The zero-order valence-electron chi connectivity index (χ0n) is 12.9. The lowest BCUT2D eigenvalue weighted by Gasteiger charge is -2.31. The minimum atomic E-state index is -3.29. The van der Waals surface area contributed by atoms with E-state index in [1.165, 1.54) is 0 Å². The van der Waals surface area contributed by atoms with Crippen molar-refractivity contribution in [3.05, 3.63) is 28.7 Å². The van der Waals surface area contributed by atoms with Crippen molar-refractivity contribution in [3.8, 4) is 0 Å². The van der Waals surface area contributed by atoms with E-state index in [-0.39, 0.29) is 16.7 Å². The maximum atomic E-state index is 13.0. The Hall–Kier alpha value is -0.390. The van der Waals surface area contributed by atoms with Crippen LogP contribution >= 0.6 is 15.9 Å². The third-order valence-corrected chi connectivity index (χ3v) is 7.20. The van der Waals surface area contributed by atoms with E-state index in [1.54, 1.807) is 24.3 Å². The topological polar surface area (TPSA) is 46.2 Å². The first-order valence-corrected chi connectivity index (χ1v) is 9.86. The zero-order valence-corrected chi connectivity index (χ0v) is 15.3. The second-order valence-corrected chi connectivity index (χ2v) is 9.58. The molecule has 1 saturated carbocycles. The van der Waals surface area contributed by atoms with Crippen LogP contribution in [-0.2, 0) is 9.84 Å². The molecule has 1 aromatic carbocycles. The highest BCUT2D eigenvalue weighted by atomic mass is 79.9. The van der Waals surface area contributed by atoms with Crippen LogP contribution in [-0.4, -0.2) is 26.3 Å². The Kier molecular flexibility index (Phi) is 5.16. The smallest absolute Gasteiger partial charge is 0.182 e. The van der Waals surface area contributed by atoms with E-state index in [1.807, 2.05) is 0 Å². The van der Waals surface area contributed by atoms with Gasteiger partial charge in [0.05, 0.1) is 10.1 Å². The second kappa shape index (κ2) is 6.39. The van der Waals surface area contributed by atoms with E-state index in [0.717, 1.165) is 30.3 Å². The molecule has 118 valence electrons. The Morgan fingerprint density at radius 1 is 1.29 bits per heavy atom. The van der Waals surface area contributed by atoms with Crippen molar-refractivity contribution in [2.45, 2.75) is 56.2 Å². The van der Waals surface area contributed by atoms with Crippen LogP contribution in [0.5, 0.6) is 0 Å². The number of sulfone groups is 1. The lowest BCUT2D eigenvalue weighted by Crippen LogP contribution is -2.47. The molecule has 21 heavy (non-hydrogen) atoms. The normalized spacial score (nSPS) is 25.1. The van der Waals surface area contributed by atoms with Gasteiger partial charge in [-0.15, -0.1) is 0 Å². The zero-order chi connectivity index (χ0) is 15.7. The summed E-state index contributed by atoms with van der Waals surface area (Å²) < 4.78 is 26.8. The molecule has 2 atom stereocenters. The monoisotopic (exact) mass is 373 g/mol. The van der Waals surface area contributed by atoms with E-state index in [2.05, 4.69) is 42.0 Å². The Balaban J connectivity index is 2.32. The van der Waals surface area contributed by atoms with Crippen molar-refractivity contribution < 1.29 is 8.42 Å². The van der Waals surface area contributed by atoms with Crippen molar-refractivity contribution in [3.63, 3.8) is 0 Å². The average molecular weight is 374 g/mol. The molecule has 0 bridgehead atoms. The lowest BCUT2D eigenvalue weighted by atomic mass is 9.87. The lowest BCUT2D eigenvalue weighted by molar-refractivity contribution is 0.285. The van der Waals surface area contributed by atoms with Crippen LogP contribution in [0.3, 0.4) is 0 Å². The summed E-state index contributed by atoms with van der Waals surface area (Å²) in [6.45, 7) is 7.29. The van der Waals surface area contributed by atoms with Crippen molar-refractivity contribution in [2.75, 3.05) is 6.54 Å². The van der Waals surface area contributed by atoms with Crippen molar-refractivity contribution in [1.82, 2.24) is 5.32 Å². The highest BCUT2D eigenvalue weighted by Crippen LogP contribution is 2.42. The predicted molar refractivity (Wildman–Crippen MR) is 90.2 cm³/mol. The minimum absolute atomic E-state index is 0.0161. The molecule has 5 heteroatoms. The fourth-order valence-corrected chi connectivity index (χ4v) is 5.56. The van der Waals surface area contributed by atoms with Gasteiger partial charge in [0.2, 0.25) is 0 Å².